The predicted octanol–water partition coefficient (Wildman–Crippen LogP) is 3.28. The van der Waals surface area contributed by atoms with Crippen molar-refractivity contribution in [2.75, 3.05) is 18.2 Å². The van der Waals surface area contributed by atoms with Crippen molar-refractivity contribution in [1.82, 2.24) is 0 Å². The molecule has 102 valence electrons. The summed E-state index contributed by atoms with van der Waals surface area (Å²) in [6.07, 6.45) is 3.45. The third kappa shape index (κ3) is 4.98. The van der Waals surface area contributed by atoms with Crippen LogP contribution in [0.1, 0.15) is 19.8 Å². The number of ether oxygens (including phenoxy) is 1. The van der Waals surface area contributed by atoms with Gasteiger partial charge in [-0.2, -0.15) is 0 Å². The molecule has 0 fully saturated rings. The van der Waals surface area contributed by atoms with Crippen molar-refractivity contribution < 1.29 is 13.2 Å². The highest BCUT2D eigenvalue weighted by atomic mass is 79.9. The Morgan fingerprint density at radius 3 is 2.33 bits per heavy atom. The average Bonchev–Trinajstić information content (AvgIpc) is 2.34. The summed E-state index contributed by atoms with van der Waals surface area (Å²) in [6.45, 7) is 2.80. The highest BCUT2D eigenvalue weighted by Gasteiger charge is 2.09. The third-order valence-corrected chi connectivity index (χ3v) is 4.70. The van der Waals surface area contributed by atoms with Crippen molar-refractivity contribution in [1.29, 1.82) is 0 Å². The second-order valence-electron chi connectivity index (χ2n) is 4.36. The van der Waals surface area contributed by atoms with E-state index in [1.54, 1.807) is 24.3 Å². The minimum atomic E-state index is -3.13. The first-order valence-electron chi connectivity index (χ1n) is 5.96. The standard InChI is InChI=1S/C13H19BrO3S/c1-3-4-11(9-14)10-17-12-5-7-13(8-6-12)18(2,15)16/h5-8,11H,3-4,9-10H2,1-2H3. The van der Waals surface area contributed by atoms with Crippen LogP contribution in [0.25, 0.3) is 0 Å². The van der Waals surface area contributed by atoms with Crippen LogP contribution in [-0.2, 0) is 9.84 Å². The largest absolute Gasteiger partial charge is 0.493 e. The first-order chi connectivity index (χ1) is 8.47. The maximum atomic E-state index is 11.3. The lowest BCUT2D eigenvalue weighted by molar-refractivity contribution is 0.255. The third-order valence-electron chi connectivity index (χ3n) is 2.65. The van der Waals surface area contributed by atoms with Gasteiger partial charge in [0.2, 0.25) is 0 Å². The molecular formula is C13H19BrO3S. The van der Waals surface area contributed by atoms with E-state index in [1.165, 1.54) is 6.26 Å². The summed E-state index contributed by atoms with van der Waals surface area (Å²) in [7, 11) is -3.13. The van der Waals surface area contributed by atoms with Crippen molar-refractivity contribution in [3.63, 3.8) is 0 Å². The number of rotatable bonds is 7. The summed E-state index contributed by atoms with van der Waals surface area (Å²) in [4.78, 5) is 0.320. The summed E-state index contributed by atoms with van der Waals surface area (Å²) >= 11 is 3.47. The van der Waals surface area contributed by atoms with Crippen LogP contribution in [0.4, 0.5) is 0 Å². The van der Waals surface area contributed by atoms with Gasteiger partial charge in [-0.3, -0.25) is 0 Å². The van der Waals surface area contributed by atoms with Gasteiger partial charge >= 0.3 is 0 Å². The normalized spacial score (nSPS) is 13.3. The van der Waals surface area contributed by atoms with Crippen LogP contribution in [0.15, 0.2) is 29.2 Å². The van der Waals surface area contributed by atoms with Crippen LogP contribution < -0.4 is 4.74 Å². The van der Waals surface area contributed by atoms with E-state index in [0.29, 0.717) is 23.2 Å². The van der Waals surface area contributed by atoms with Gasteiger partial charge in [0, 0.05) is 17.5 Å². The minimum absolute atomic E-state index is 0.320. The summed E-state index contributed by atoms with van der Waals surface area (Å²) in [5.41, 5.74) is 0. The molecule has 0 saturated heterocycles. The molecule has 0 heterocycles. The zero-order valence-electron chi connectivity index (χ0n) is 10.7. The molecule has 0 bridgehead atoms. The molecule has 0 aromatic heterocycles. The molecule has 18 heavy (non-hydrogen) atoms. The highest BCUT2D eigenvalue weighted by Crippen LogP contribution is 2.18. The van der Waals surface area contributed by atoms with E-state index >= 15 is 0 Å². The Balaban J connectivity index is 2.59. The van der Waals surface area contributed by atoms with Gasteiger partial charge < -0.3 is 4.74 Å². The van der Waals surface area contributed by atoms with E-state index < -0.39 is 9.84 Å². The molecule has 0 aliphatic rings. The molecule has 1 aromatic rings. The Labute approximate surface area is 118 Å². The van der Waals surface area contributed by atoms with Crippen LogP contribution in [-0.4, -0.2) is 26.6 Å². The van der Waals surface area contributed by atoms with Gasteiger partial charge in [0.15, 0.2) is 9.84 Å². The number of sulfone groups is 1. The molecule has 1 atom stereocenters. The van der Waals surface area contributed by atoms with Gasteiger partial charge in [0.25, 0.3) is 0 Å². The summed E-state index contributed by atoms with van der Waals surface area (Å²) < 4.78 is 28.2. The number of hydrogen-bond acceptors (Lipinski definition) is 3. The second-order valence-corrected chi connectivity index (χ2v) is 7.03. The van der Waals surface area contributed by atoms with E-state index in [2.05, 4.69) is 22.9 Å². The number of halogens is 1. The van der Waals surface area contributed by atoms with E-state index in [9.17, 15) is 8.42 Å². The zero-order valence-corrected chi connectivity index (χ0v) is 13.1. The maximum absolute atomic E-state index is 11.3. The fourth-order valence-electron chi connectivity index (χ4n) is 1.61. The molecule has 1 rings (SSSR count). The van der Waals surface area contributed by atoms with E-state index in [0.717, 1.165) is 18.2 Å². The molecule has 0 aliphatic carbocycles. The van der Waals surface area contributed by atoms with Gasteiger partial charge in [-0.25, -0.2) is 8.42 Å². The monoisotopic (exact) mass is 334 g/mol. The fourth-order valence-corrected chi connectivity index (χ4v) is 2.75. The van der Waals surface area contributed by atoms with Crippen molar-refractivity contribution in [3.05, 3.63) is 24.3 Å². The van der Waals surface area contributed by atoms with Crippen molar-refractivity contribution in [2.24, 2.45) is 5.92 Å². The molecule has 3 nitrogen and oxygen atoms in total. The topological polar surface area (TPSA) is 43.4 Å². The van der Waals surface area contributed by atoms with Crippen LogP contribution in [0.2, 0.25) is 0 Å². The van der Waals surface area contributed by atoms with Crippen molar-refractivity contribution in [2.45, 2.75) is 24.7 Å². The SMILES string of the molecule is CCCC(CBr)COc1ccc(S(C)(=O)=O)cc1. The molecular weight excluding hydrogens is 316 g/mol. The Kier molecular flexibility index (Phi) is 6.15. The highest BCUT2D eigenvalue weighted by molar-refractivity contribution is 9.09. The van der Waals surface area contributed by atoms with Gasteiger partial charge in [0.1, 0.15) is 5.75 Å². The smallest absolute Gasteiger partial charge is 0.175 e. The van der Waals surface area contributed by atoms with Crippen LogP contribution >= 0.6 is 15.9 Å². The van der Waals surface area contributed by atoms with Crippen LogP contribution in [0.5, 0.6) is 5.75 Å². The maximum Gasteiger partial charge on any atom is 0.175 e. The molecule has 0 radical (unpaired) electrons. The quantitative estimate of drug-likeness (QED) is 0.718. The molecule has 0 amide bonds. The molecule has 0 N–H and O–H groups in total. The van der Waals surface area contributed by atoms with Gasteiger partial charge in [-0.1, -0.05) is 29.3 Å². The Morgan fingerprint density at radius 2 is 1.89 bits per heavy atom. The molecule has 0 spiro atoms. The molecule has 0 saturated carbocycles. The number of hydrogen-bond donors (Lipinski definition) is 0. The Morgan fingerprint density at radius 1 is 1.28 bits per heavy atom. The Bertz CT molecular complexity index is 454. The zero-order chi connectivity index (χ0) is 13.6. The van der Waals surface area contributed by atoms with Gasteiger partial charge in [-0.05, 0) is 30.7 Å². The lowest BCUT2D eigenvalue weighted by Gasteiger charge is -2.14. The molecule has 1 unspecified atom stereocenters. The van der Waals surface area contributed by atoms with E-state index in [-0.39, 0.29) is 0 Å². The Hall–Kier alpha value is -0.550. The van der Waals surface area contributed by atoms with Gasteiger partial charge in [0.05, 0.1) is 11.5 Å². The predicted molar refractivity (Wildman–Crippen MR) is 77.2 cm³/mol. The molecule has 5 heteroatoms. The lowest BCUT2D eigenvalue weighted by Crippen LogP contribution is -2.13. The number of benzene rings is 1. The number of alkyl halides is 1. The summed E-state index contributed by atoms with van der Waals surface area (Å²) in [6, 6.07) is 6.56. The first-order valence-corrected chi connectivity index (χ1v) is 8.97. The second kappa shape index (κ2) is 7.14. The van der Waals surface area contributed by atoms with Crippen LogP contribution in [0.3, 0.4) is 0 Å². The van der Waals surface area contributed by atoms with Crippen molar-refractivity contribution in [3.8, 4) is 5.75 Å². The van der Waals surface area contributed by atoms with E-state index in [1.807, 2.05) is 0 Å². The lowest BCUT2D eigenvalue weighted by atomic mass is 10.1. The molecule has 1 aromatic carbocycles. The fraction of sp³-hybridized carbons (Fsp3) is 0.538. The molecule has 0 aliphatic heterocycles. The average molecular weight is 335 g/mol. The van der Waals surface area contributed by atoms with E-state index in [4.69, 9.17) is 4.74 Å². The van der Waals surface area contributed by atoms with Crippen LogP contribution in [0, 0.1) is 5.92 Å². The summed E-state index contributed by atoms with van der Waals surface area (Å²) in [5, 5.41) is 0.919. The first kappa shape index (κ1) is 15.5. The van der Waals surface area contributed by atoms with Gasteiger partial charge in [-0.15, -0.1) is 0 Å². The minimum Gasteiger partial charge on any atom is -0.493 e. The summed E-state index contributed by atoms with van der Waals surface area (Å²) in [5.74, 6) is 1.20. The van der Waals surface area contributed by atoms with Crippen molar-refractivity contribution >= 4 is 25.8 Å².